The molecule has 0 bridgehead atoms. The van der Waals surface area contributed by atoms with Gasteiger partial charge < -0.3 is 10.4 Å². The Morgan fingerprint density at radius 2 is 2.00 bits per heavy atom. The van der Waals surface area contributed by atoms with Crippen molar-refractivity contribution >= 4 is 30.0 Å². The van der Waals surface area contributed by atoms with Crippen LogP contribution in [0.15, 0.2) is 24.3 Å². The van der Waals surface area contributed by atoms with E-state index in [-0.39, 0.29) is 12.4 Å². The molecule has 0 aliphatic heterocycles. The van der Waals surface area contributed by atoms with Crippen LogP contribution in [0.25, 0.3) is 0 Å². The average Bonchev–Trinajstić information content (AvgIpc) is 2.16. The molecule has 15 heavy (non-hydrogen) atoms. The van der Waals surface area contributed by atoms with Crippen LogP contribution in [0.5, 0.6) is 0 Å². The number of benzene rings is 1. The number of carbonyl (C=O) groups is 1. The lowest BCUT2D eigenvalue weighted by molar-refractivity contribution is -0.139. The molecule has 0 fully saturated rings. The van der Waals surface area contributed by atoms with Crippen LogP contribution in [0, 0.1) is 0 Å². The van der Waals surface area contributed by atoms with Gasteiger partial charge in [-0.1, -0.05) is 23.7 Å². The molecule has 0 aliphatic carbocycles. The summed E-state index contributed by atoms with van der Waals surface area (Å²) in [6.45, 7) is 0. The first-order valence-corrected chi connectivity index (χ1v) is 4.66. The molecule has 3 nitrogen and oxygen atoms in total. The highest BCUT2D eigenvalue weighted by Gasteiger charge is 2.14. The number of hydrogen-bond donors (Lipinski definition) is 2. The van der Waals surface area contributed by atoms with Crippen molar-refractivity contribution in [1.82, 2.24) is 5.32 Å². The van der Waals surface area contributed by atoms with Crippen LogP contribution < -0.4 is 5.32 Å². The van der Waals surface area contributed by atoms with E-state index in [1.165, 1.54) is 0 Å². The standard InChI is InChI=1S/C10H12ClNO2.ClH/c1-12-9(10(13)14)6-7-2-4-8(11)5-3-7;/h2-5,9,12H,6H2,1H3,(H,13,14);1H. The van der Waals surface area contributed by atoms with Crippen LogP contribution in [0.1, 0.15) is 5.56 Å². The average molecular weight is 250 g/mol. The van der Waals surface area contributed by atoms with Crippen LogP contribution in [0.2, 0.25) is 5.02 Å². The molecule has 0 saturated carbocycles. The SMILES string of the molecule is CNC(Cc1ccc(Cl)cc1)C(=O)O.Cl. The second-order valence-corrected chi connectivity index (χ2v) is 3.45. The molecule has 0 aliphatic rings. The Balaban J connectivity index is 0.00000196. The van der Waals surface area contributed by atoms with Crippen molar-refractivity contribution in [3.05, 3.63) is 34.9 Å². The molecule has 0 amide bonds. The first-order valence-electron chi connectivity index (χ1n) is 4.28. The smallest absolute Gasteiger partial charge is 0.321 e. The van der Waals surface area contributed by atoms with E-state index in [0.717, 1.165) is 5.56 Å². The summed E-state index contributed by atoms with van der Waals surface area (Å²) in [6, 6.07) is 6.62. The number of carboxylic acid groups (broad SMARTS) is 1. The maximum absolute atomic E-state index is 10.7. The zero-order valence-electron chi connectivity index (χ0n) is 8.24. The largest absolute Gasteiger partial charge is 0.480 e. The van der Waals surface area contributed by atoms with Gasteiger partial charge in [0.2, 0.25) is 0 Å². The summed E-state index contributed by atoms with van der Waals surface area (Å²) in [5.74, 6) is -0.845. The molecule has 5 heteroatoms. The Labute approximate surface area is 99.9 Å². The lowest BCUT2D eigenvalue weighted by atomic mass is 10.1. The summed E-state index contributed by atoms with van der Waals surface area (Å²) in [5.41, 5.74) is 0.955. The van der Waals surface area contributed by atoms with Gasteiger partial charge in [-0.15, -0.1) is 12.4 Å². The third-order valence-corrected chi connectivity index (χ3v) is 2.25. The summed E-state index contributed by atoms with van der Waals surface area (Å²) >= 11 is 5.71. The highest BCUT2D eigenvalue weighted by atomic mass is 35.5. The number of halogens is 2. The van der Waals surface area contributed by atoms with Gasteiger partial charge in [-0.05, 0) is 31.2 Å². The van der Waals surface area contributed by atoms with Crippen molar-refractivity contribution in [1.29, 1.82) is 0 Å². The molecule has 1 unspecified atom stereocenters. The van der Waals surface area contributed by atoms with Gasteiger partial charge in [0, 0.05) is 5.02 Å². The Hall–Kier alpha value is -0.770. The van der Waals surface area contributed by atoms with E-state index in [0.29, 0.717) is 11.4 Å². The quantitative estimate of drug-likeness (QED) is 0.858. The highest BCUT2D eigenvalue weighted by Crippen LogP contribution is 2.11. The molecule has 1 aromatic rings. The van der Waals surface area contributed by atoms with Gasteiger partial charge in [-0.2, -0.15) is 0 Å². The zero-order chi connectivity index (χ0) is 10.6. The van der Waals surface area contributed by atoms with E-state index < -0.39 is 12.0 Å². The topological polar surface area (TPSA) is 49.3 Å². The van der Waals surface area contributed by atoms with E-state index in [1.54, 1.807) is 19.2 Å². The van der Waals surface area contributed by atoms with Crippen molar-refractivity contribution in [3.63, 3.8) is 0 Å². The van der Waals surface area contributed by atoms with Gasteiger partial charge in [-0.3, -0.25) is 4.79 Å². The molecular weight excluding hydrogens is 237 g/mol. The molecule has 84 valence electrons. The Morgan fingerprint density at radius 1 is 1.47 bits per heavy atom. The fraction of sp³-hybridized carbons (Fsp3) is 0.300. The van der Waals surface area contributed by atoms with Crippen LogP contribution in [0.3, 0.4) is 0 Å². The van der Waals surface area contributed by atoms with E-state index in [9.17, 15) is 4.79 Å². The Bertz CT molecular complexity index is 314. The number of aliphatic carboxylic acids is 1. The fourth-order valence-electron chi connectivity index (χ4n) is 1.17. The fourth-order valence-corrected chi connectivity index (χ4v) is 1.30. The zero-order valence-corrected chi connectivity index (χ0v) is 9.81. The summed E-state index contributed by atoms with van der Waals surface area (Å²) in [7, 11) is 1.63. The molecule has 0 saturated heterocycles. The molecular formula is C10H13Cl2NO2. The lowest BCUT2D eigenvalue weighted by Gasteiger charge is -2.10. The van der Waals surface area contributed by atoms with Gasteiger partial charge in [-0.25, -0.2) is 0 Å². The third-order valence-electron chi connectivity index (χ3n) is 2.00. The van der Waals surface area contributed by atoms with Gasteiger partial charge in [0.25, 0.3) is 0 Å². The van der Waals surface area contributed by atoms with Gasteiger partial charge in [0.05, 0.1) is 0 Å². The molecule has 0 radical (unpaired) electrons. The predicted molar refractivity (Wildman–Crippen MR) is 62.9 cm³/mol. The second-order valence-electron chi connectivity index (χ2n) is 3.01. The number of rotatable bonds is 4. The lowest BCUT2D eigenvalue weighted by Crippen LogP contribution is -2.35. The molecule has 1 atom stereocenters. The van der Waals surface area contributed by atoms with Crippen LogP contribution in [0.4, 0.5) is 0 Å². The van der Waals surface area contributed by atoms with Crippen molar-refractivity contribution in [2.45, 2.75) is 12.5 Å². The van der Waals surface area contributed by atoms with E-state index in [1.807, 2.05) is 12.1 Å². The minimum atomic E-state index is -0.845. The number of carboxylic acids is 1. The summed E-state index contributed by atoms with van der Waals surface area (Å²) < 4.78 is 0. The Morgan fingerprint density at radius 3 is 2.40 bits per heavy atom. The highest BCUT2D eigenvalue weighted by molar-refractivity contribution is 6.30. The first-order chi connectivity index (χ1) is 6.63. The number of hydrogen-bond acceptors (Lipinski definition) is 2. The summed E-state index contributed by atoms with van der Waals surface area (Å²) in [4.78, 5) is 10.7. The molecule has 0 spiro atoms. The van der Waals surface area contributed by atoms with E-state index in [2.05, 4.69) is 5.32 Å². The first kappa shape index (κ1) is 14.2. The van der Waals surface area contributed by atoms with Crippen molar-refractivity contribution in [2.75, 3.05) is 7.05 Å². The van der Waals surface area contributed by atoms with E-state index >= 15 is 0 Å². The Kier molecular flexibility index (Phi) is 6.32. The minimum absolute atomic E-state index is 0. The van der Waals surface area contributed by atoms with Crippen molar-refractivity contribution in [3.8, 4) is 0 Å². The van der Waals surface area contributed by atoms with Gasteiger partial charge >= 0.3 is 5.97 Å². The molecule has 2 N–H and O–H groups in total. The molecule has 0 heterocycles. The second kappa shape index (κ2) is 6.67. The maximum atomic E-state index is 10.7. The van der Waals surface area contributed by atoms with Gasteiger partial charge in [0.1, 0.15) is 6.04 Å². The van der Waals surface area contributed by atoms with Crippen molar-refractivity contribution in [2.24, 2.45) is 0 Å². The molecule has 1 rings (SSSR count). The van der Waals surface area contributed by atoms with Crippen LogP contribution in [-0.4, -0.2) is 24.2 Å². The molecule has 1 aromatic carbocycles. The summed E-state index contributed by atoms with van der Waals surface area (Å²) in [6.07, 6.45) is 0.461. The van der Waals surface area contributed by atoms with Crippen LogP contribution >= 0.6 is 24.0 Å². The maximum Gasteiger partial charge on any atom is 0.321 e. The minimum Gasteiger partial charge on any atom is -0.480 e. The normalized spacial score (nSPS) is 11.6. The predicted octanol–water partition coefficient (Wildman–Crippen LogP) is 1.98. The summed E-state index contributed by atoms with van der Waals surface area (Å²) in [5, 5.41) is 12.2. The van der Waals surface area contributed by atoms with Crippen molar-refractivity contribution < 1.29 is 9.90 Å². The van der Waals surface area contributed by atoms with Gasteiger partial charge in [0.15, 0.2) is 0 Å². The monoisotopic (exact) mass is 249 g/mol. The number of nitrogens with one attached hydrogen (secondary N) is 1. The third kappa shape index (κ3) is 4.51. The van der Waals surface area contributed by atoms with Crippen LogP contribution in [-0.2, 0) is 11.2 Å². The molecule has 0 aromatic heterocycles. The number of likely N-dealkylation sites (N-methyl/N-ethyl adjacent to an activating group) is 1. The van der Waals surface area contributed by atoms with E-state index in [4.69, 9.17) is 16.7 Å².